The van der Waals surface area contributed by atoms with Crippen LogP contribution in [0.15, 0.2) is 30.3 Å². The van der Waals surface area contributed by atoms with E-state index in [1.165, 1.54) is 5.56 Å². The van der Waals surface area contributed by atoms with Crippen molar-refractivity contribution >= 4 is 18.3 Å². The van der Waals surface area contributed by atoms with Crippen LogP contribution in [0.1, 0.15) is 52.0 Å². The van der Waals surface area contributed by atoms with Crippen molar-refractivity contribution in [1.29, 1.82) is 0 Å². The van der Waals surface area contributed by atoms with Gasteiger partial charge in [-0.05, 0) is 29.2 Å². The molecule has 2 N–H and O–H groups in total. The van der Waals surface area contributed by atoms with Crippen molar-refractivity contribution in [2.24, 2.45) is 17.1 Å². The molecule has 1 saturated heterocycles. The van der Waals surface area contributed by atoms with Crippen LogP contribution in [0.25, 0.3) is 0 Å². The van der Waals surface area contributed by atoms with Gasteiger partial charge in [-0.3, -0.25) is 4.79 Å². The lowest BCUT2D eigenvalue weighted by Crippen LogP contribution is -2.53. The summed E-state index contributed by atoms with van der Waals surface area (Å²) in [7, 11) is 0. The third-order valence-corrected chi connectivity index (χ3v) is 5.00. The fourth-order valence-corrected chi connectivity index (χ4v) is 3.35. The molecule has 1 aliphatic rings. The molecule has 3 nitrogen and oxygen atoms in total. The maximum atomic E-state index is 12.7. The molecule has 0 radical (unpaired) electrons. The van der Waals surface area contributed by atoms with Crippen LogP contribution >= 0.6 is 12.4 Å². The molecule has 0 saturated carbocycles. The number of benzene rings is 1. The van der Waals surface area contributed by atoms with Gasteiger partial charge in [0.1, 0.15) is 0 Å². The van der Waals surface area contributed by atoms with Crippen LogP contribution in [-0.2, 0) is 4.79 Å². The minimum absolute atomic E-state index is 0. The maximum absolute atomic E-state index is 12.7. The number of carbonyl (C=O) groups excluding carboxylic acids is 1. The highest BCUT2D eigenvalue weighted by Gasteiger charge is 2.36. The van der Waals surface area contributed by atoms with Gasteiger partial charge < -0.3 is 10.6 Å². The van der Waals surface area contributed by atoms with Crippen LogP contribution in [0.2, 0.25) is 0 Å². The van der Waals surface area contributed by atoms with Crippen molar-refractivity contribution in [3.8, 4) is 0 Å². The highest BCUT2D eigenvalue weighted by atomic mass is 35.5. The minimum Gasteiger partial charge on any atom is -0.341 e. The Morgan fingerprint density at radius 1 is 1.30 bits per heavy atom. The van der Waals surface area contributed by atoms with E-state index in [-0.39, 0.29) is 23.7 Å². The van der Waals surface area contributed by atoms with E-state index in [0.29, 0.717) is 11.8 Å². The van der Waals surface area contributed by atoms with Crippen molar-refractivity contribution in [3.63, 3.8) is 0 Å². The van der Waals surface area contributed by atoms with Gasteiger partial charge in [-0.15, -0.1) is 12.4 Å². The second kappa shape index (κ2) is 8.16. The highest BCUT2D eigenvalue weighted by Crippen LogP contribution is 2.35. The number of hydrogen-bond acceptors (Lipinski definition) is 2. The van der Waals surface area contributed by atoms with Crippen molar-refractivity contribution in [3.05, 3.63) is 35.9 Å². The summed E-state index contributed by atoms with van der Waals surface area (Å²) >= 11 is 0. The Hall–Kier alpha value is -1.06. The highest BCUT2D eigenvalue weighted by molar-refractivity contribution is 5.85. The van der Waals surface area contributed by atoms with Gasteiger partial charge in [-0.2, -0.15) is 0 Å². The zero-order chi connectivity index (χ0) is 16.3. The molecule has 1 aromatic carbocycles. The first kappa shape index (κ1) is 20.0. The molecule has 4 heteroatoms. The van der Waals surface area contributed by atoms with Crippen molar-refractivity contribution in [1.82, 2.24) is 4.90 Å². The van der Waals surface area contributed by atoms with Crippen molar-refractivity contribution in [2.45, 2.75) is 52.5 Å². The Bertz CT molecular complexity index is 498. The number of nitrogens with zero attached hydrogens (tertiary/aromatic N) is 1. The Morgan fingerprint density at radius 3 is 2.43 bits per heavy atom. The third-order valence-electron chi connectivity index (χ3n) is 5.00. The average Bonchev–Trinajstić information content (AvgIpc) is 2.52. The molecule has 0 bridgehead atoms. The number of likely N-dealkylation sites (tertiary alicyclic amines) is 1. The lowest BCUT2D eigenvalue weighted by Gasteiger charge is -2.41. The number of rotatable bonds is 3. The summed E-state index contributed by atoms with van der Waals surface area (Å²) in [4.78, 5) is 14.6. The van der Waals surface area contributed by atoms with Crippen LogP contribution < -0.4 is 5.73 Å². The molecule has 0 aliphatic carbocycles. The molecule has 23 heavy (non-hydrogen) atoms. The molecule has 1 fully saturated rings. The molecular weight excluding hydrogens is 308 g/mol. The summed E-state index contributed by atoms with van der Waals surface area (Å²) in [6.07, 6.45) is 2.12. The fraction of sp³-hybridized carbons (Fsp3) is 0.632. The molecule has 130 valence electrons. The van der Waals surface area contributed by atoms with E-state index in [1.54, 1.807) is 0 Å². The molecular formula is C19H31ClN2O. The van der Waals surface area contributed by atoms with Crippen LogP contribution in [0, 0.1) is 11.3 Å². The average molecular weight is 339 g/mol. The van der Waals surface area contributed by atoms with E-state index >= 15 is 0 Å². The van der Waals surface area contributed by atoms with Crippen LogP contribution in [0.3, 0.4) is 0 Å². The molecule has 0 spiro atoms. The van der Waals surface area contributed by atoms with Crippen LogP contribution in [0.5, 0.6) is 0 Å². The summed E-state index contributed by atoms with van der Waals surface area (Å²) in [5, 5.41) is 0. The monoisotopic (exact) mass is 338 g/mol. The maximum Gasteiger partial charge on any atom is 0.240 e. The van der Waals surface area contributed by atoms with Gasteiger partial charge in [0.15, 0.2) is 0 Å². The molecule has 0 aromatic heterocycles. The normalized spacial score (nSPS) is 23.1. The summed E-state index contributed by atoms with van der Waals surface area (Å²) in [5.74, 6) is 1.19. The molecule has 2 rings (SSSR count). The van der Waals surface area contributed by atoms with Gasteiger partial charge >= 0.3 is 0 Å². The topological polar surface area (TPSA) is 46.3 Å². The first-order chi connectivity index (χ1) is 10.3. The van der Waals surface area contributed by atoms with Crippen molar-refractivity contribution < 1.29 is 4.79 Å². The van der Waals surface area contributed by atoms with Gasteiger partial charge in [-0.1, -0.05) is 64.4 Å². The predicted molar refractivity (Wildman–Crippen MR) is 98.8 cm³/mol. The second-order valence-corrected chi connectivity index (χ2v) is 7.60. The molecule has 2 unspecified atom stereocenters. The number of hydrogen-bond donors (Lipinski definition) is 1. The van der Waals surface area contributed by atoms with E-state index in [0.717, 1.165) is 25.9 Å². The number of nitrogens with two attached hydrogens (primary N) is 1. The van der Waals surface area contributed by atoms with E-state index in [4.69, 9.17) is 5.73 Å². The SMILES string of the molecule is CCC1CN(C(=O)[C@@H](N)C(C)(C)C)CCC1c1ccccc1.Cl. The lowest BCUT2D eigenvalue weighted by molar-refractivity contribution is -0.137. The van der Waals surface area contributed by atoms with Gasteiger partial charge in [0, 0.05) is 13.1 Å². The summed E-state index contributed by atoms with van der Waals surface area (Å²) < 4.78 is 0. The molecule has 1 heterocycles. The largest absolute Gasteiger partial charge is 0.341 e. The fourth-order valence-electron chi connectivity index (χ4n) is 3.35. The Balaban J connectivity index is 0.00000264. The van der Waals surface area contributed by atoms with Gasteiger partial charge in [0.05, 0.1) is 6.04 Å². The van der Waals surface area contributed by atoms with Crippen molar-refractivity contribution in [2.75, 3.05) is 13.1 Å². The lowest BCUT2D eigenvalue weighted by atomic mass is 9.78. The molecule has 1 aromatic rings. The van der Waals surface area contributed by atoms with E-state index in [2.05, 4.69) is 37.3 Å². The minimum atomic E-state index is -0.418. The number of halogens is 1. The first-order valence-corrected chi connectivity index (χ1v) is 8.44. The Morgan fingerprint density at radius 2 is 1.91 bits per heavy atom. The second-order valence-electron chi connectivity index (χ2n) is 7.60. The predicted octanol–water partition coefficient (Wildman–Crippen LogP) is 3.82. The quantitative estimate of drug-likeness (QED) is 0.910. The van der Waals surface area contributed by atoms with E-state index in [9.17, 15) is 4.79 Å². The summed E-state index contributed by atoms with van der Waals surface area (Å²) in [5.41, 5.74) is 7.39. The number of carbonyl (C=O) groups is 1. The number of piperidine rings is 1. The van der Waals surface area contributed by atoms with Gasteiger partial charge in [0.25, 0.3) is 0 Å². The molecule has 1 aliphatic heterocycles. The molecule has 3 atom stereocenters. The van der Waals surface area contributed by atoms with Gasteiger partial charge in [0.2, 0.25) is 5.91 Å². The molecule has 1 amide bonds. The van der Waals surface area contributed by atoms with Crippen LogP contribution in [-0.4, -0.2) is 29.9 Å². The van der Waals surface area contributed by atoms with E-state index < -0.39 is 6.04 Å². The zero-order valence-corrected chi connectivity index (χ0v) is 15.6. The smallest absolute Gasteiger partial charge is 0.240 e. The third kappa shape index (κ3) is 4.71. The summed E-state index contributed by atoms with van der Waals surface area (Å²) in [6.45, 7) is 9.96. The summed E-state index contributed by atoms with van der Waals surface area (Å²) in [6, 6.07) is 10.3. The Labute approximate surface area is 147 Å². The standard InChI is InChI=1S/C19H30N2O.ClH/c1-5-14-13-21(18(22)17(20)19(2,3)4)12-11-16(14)15-9-7-6-8-10-15;/h6-10,14,16-17H,5,11-13,20H2,1-4H3;1H/t14?,16?,17-;/m1./s1. The number of amides is 1. The van der Waals surface area contributed by atoms with Gasteiger partial charge in [-0.25, -0.2) is 0 Å². The van der Waals surface area contributed by atoms with E-state index in [1.807, 2.05) is 25.7 Å². The Kier molecular flexibility index (Phi) is 7.09. The zero-order valence-electron chi connectivity index (χ0n) is 14.8. The van der Waals surface area contributed by atoms with Crippen LogP contribution in [0.4, 0.5) is 0 Å². The first-order valence-electron chi connectivity index (χ1n) is 8.44.